The lowest BCUT2D eigenvalue weighted by Crippen LogP contribution is -2.44. The minimum Gasteiger partial charge on any atom is -0.481 e. The number of rotatable bonds is 6. The second kappa shape index (κ2) is 6.39. The van der Waals surface area contributed by atoms with Gasteiger partial charge >= 0.3 is 5.97 Å². The predicted octanol–water partition coefficient (Wildman–Crippen LogP) is 3.00. The van der Waals surface area contributed by atoms with E-state index in [4.69, 9.17) is 0 Å². The van der Waals surface area contributed by atoms with Crippen LogP contribution in [0.4, 0.5) is 0 Å². The zero-order valence-corrected chi connectivity index (χ0v) is 11.5. The normalized spacial score (nSPS) is 21.4. The van der Waals surface area contributed by atoms with Crippen molar-refractivity contribution in [3.05, 3.63) is 0 Å². The van der Waals surface area contributed by atoms with E-state index in [1.165, 1.54) is 6.42 Å². The number of hydrogen-bond donors (Lipinski definition) is 1. The molecule has 0 amide bonds. The Morgan fingerprint density at radius 2 is 1.94 bits per heavy atom. The second-order valence-electron chi connectivity index (χ2n) is 5.86. The fraction of sp³-hybridized carbons (Fsp3) is 0.929. The van der Waals surface area contributed by atoms with Crippen LogP contribution in [0.5, 0.6) is 0 Å². The molecule has 1 N–H and O–H groups in total. The van der Waals surface area contributed by atoms with Crippen LogP contribution in [0.1, 0.15) is 52.4 Å². The number of carboxylic acid groups (broad SMARTS) is 1. The molecule has 0 radical (unpaired) electrons. The average Bonchev–Trinajstić information content (AvgIpc) is 2.29. The van der Waals surface area contributed by atoms with Gasteiger partial charge in [0.05, 0.1) is 5.41 Å². The maximum Gasteiger partial charge on any atom is 0.310 e. The van der Waals surface area contributed by atoms with Crippen molar-refractivity contribution in [2.75, 3.05) is 20.1 Å². The summed E-state index contributed by atoms with van der Waals surface area (Å²) in [5.41, 5.74) is -0.472. The van der Waals surface area contributed by atoms with Gasteiger partial charge in [-0.1, -0.05) is 39.5 Å². The van der Waals surface area contributed by atoms with E-state index < -0.39 is 11.4 Å². The lowest BCUT2D eigenvalue weighted by Gasteiger charge is -2.37. The molecule has 0 aliphatic heterocycles. The van der Waals surface area contributed by atoms with Gasteiger partial charge in [0.1, 0.15) is 0 Å². The third kappa shape index (κ3) is 3.98. The standard InChI is InChI=1S/C14H27NO2/c1-4-12(2)10-15(3)11-14(13(16)17)8-6-5-7-9-14/h12H,4-11H2,1-3H3,(H,16,17). The first-order valence-corrected chi connectivity index (χ1v) is 6.92. The van der Waals surface area contributed by atoms with Gasteiger partial charge in [-0.15, -0.1) is 0 Å². The quantitative estimate of drug-likeness (QED) is 0.777. The Morgan fingerprint density at radius 1 is 1.35 bits per heavy atom. The SMILES string of the molecule is CCC(C)CN(C)CC1(C(=O)O)CCCCC1. The molecule has 1 saturated carbocycles. The molecule has 1 unspecified atom stereocenters. The van der Waals surface area contributed by atoms with Crippen LogP contribution in [0.25, 0.3) is 0 Å². The predicted molar refractivity (Wildman–Crippen MR) is 70.1 cm³/mol. The molecule has 0 bridgehead atoms. The summed E-state index contributed by atoms with van der Waals surface area (Å²) >= 11 is 0. The number of hydrogen-bond acceptors (Lipinski definition) is 2. The van der Waals surface area contributed by atoms with Crippen molar-refractivity contribution in [2.24, 2.45) is 11.3 Å². The summed E-state index contributed by atoms with van der Waals surface area (Å²) in [6, 6.07) is 0. The fourth-order valence-electron chi connectivity index (χ4n) is 2.91. The van der Waals surface area contributed by atoms with E-state index in [0.717, 1.165) is 38.6 Å². The summed E-state index contributed by atoms with van der Waals surface area (Å²) < 4.78 is 0. The van der Waals surface area contributed by atoms with E-state index in [2.05, 4.69) is 25.8 Å². The molecule has 1 fully saturated rings. The van der Waals surface area contributed by atoms with Gasteiger partial charge in [-0.25, -0.2) is 0 Å². The number of aliphatic carboxylic acids is 1. The molecule has 0 heterocycles. The monoisotopic (exact) mass is 241 g/mol. The summed E-state index contributed by atoms with van der Waals surface area (Å²) in [4.78, 5) is 13.8. The smallest absolute Gasteiger partial charge is 0.310 e. The Balaban J connectivity index is 2.57. The molecule has 1 aliphatic rings. The Labute approximate surface area is 105 Å². The van der Waals surface area contributed by atoms with Gasteiger partial charge in [0, 0.05) is 13.1 Å². The van der Waals surface area contributed by atoms with Gasteiger partial charge in [-0.05, 0) is 25.8 Å². The van der Waals surface area contributed by atoms with Gasteiger partial charge in [0.2, 0.25) is 0 Å². The van der Waals surface area contributed by atoms with Gasteiger partial charge in [-0.3, -0.25) is 4.79 Å². The van der Waals surface area contributed by atoms with Crippen molar-refractivity contribution < 1.29 is 9.90 Å². The molecule has 1 aliphatic carbocycles. The van der Waals surface area contributed by atoms with E-state index in [0.29, 0.717) is 12.5 Å². The lowest BCUT2D eigenvalue weighted by molar-refractivity contribution is -0.152. The molecule has 1 atom stereocenters. The van der Waals surface area contributed by atoms with E-state index in [1.54, 1.807) is 0 Å². The Kier molecular flexibility index (Phi) is 5.44. The number of carboxylic acids is 1. The Morgan fingerprint density at radius 3 is 2.41 bits per heavy atom. The van der Waals surface area contributed by atoms with Crippen LogP contribution in [-0.4, -0.2) is 36.1 Å². The molecule has 3 nitrogen and oxygen atoms in total. The summed E-state index contributed by atoms with van der Waals surface area (Å²) in [6.45, 7) is 6.13. The van der Waals surface area contributed by atoms with Crippen LogP contribution in [0.15, 0.2) is 0 Å². The van der Waals surface area contributed by atoms with Gasteiger partial charge in [0.15, 0.2) is 0 Å². The van der Waals surface area contributed by atoms with Crippen LogP contribution in [0.2, 0.25) is 0 Å². The topological polar surface area (TPSA) is 40.5 Å². The summed E-state index contributed by atoms with van der Waals surface area (Å²) in [5, 5.41) is 9.50. The van der Waals surface area contributed by atoms with Crippen LogP contribution >= 0.6 is 0 Å². The van der Waals surface area contributed by atoms with Crippen molar-refractivity contribution >= 4 is 5.97 Å². The molecule has 3 heteroatoms. The molecule has 0 aromatic heterocycles. The second-order valence-corrected chi connectivity index (χ2v) is 5.86. The van der Waals surface area contributed by atoms with E-state index in [-0.39, 0.29) is 0 Å². The molecule has 0 aromatic rings. The highest BCUT2D eigenvalue weighted by Gasteiger charge is 2.40. The lowest BCUT2D eigenvalue weighted by atomic mass is 9.73. The third-order valence-corrected chi connectivity index (χ3v) is 4.16. The molecule has 17 heavy (non-hydrogen) atoms. The zero-order chi connectivity index (χ0) is 12.9. The third-order valence-electron chi connectivity index (χ3n) is 4.16. The fourth-order valence-corrected chi connectivity index (χ4v) is 2.91. The summed E-state index contributed by atoms with van der Waals surface area (Å²) in [7, 11) is 2.06. The molecule has 0 spiro atoms. The summed E-state index contributed by atoms with van der Waals surface area (Å²) in [6.07, 6.45) is 6.21. The van der Waals surface area contributed by atoms with Crippen LogP contribution < -0.4 is 0 Å². The minimum atomic E-state index is -0.590. The van der Waals surface area contributed by atoms with Crippen LogP contribution in [0, 0.1) is 11.3 Å². The van der Waals surface area contributed by atoms with E-state index in [9.17, 15) is 9.90 Å². The Hall–Kier alpha value is -0.570. The minimum absolute atomic E-state index is 0.472. The Bertz CT molecular complexity index is 247. The molecule has 0 saturated heterocycles. The molecular weight excluding hydrogens is 214 g/mol. The highest BCUT2D eigenvalue weighted by Crippen LogP contribution is 2.37. The highest BCUT2D eigenvalue weighted by molar-refractivity contribution is 5.75. The first-order valence-electron chi connectivity index (χ1n) is 6.92. The molecule has 1 rings (SSSR count). The molecular formula is C14H27NO2. The van der Waals surface area contributed by atoms with Crippen LogP contribution in [0.3, 0.4) is 0 Å². The van der Waals surface area contributed by atoms with Gasteiger partial charge < -0.3 is 10.0 Å². The maximum atomic E-state index is 11.5. The van der Waals surface area contributed by atoms with Gasteiger partial charge in [-0.2, -0.15) is 0 Å². The van der Waals surface area contributed by atoms with Crippen molar-refractivity contribution in [2.45, 2.75) is 52.4 Å². The van der Waals surface area contributed by atoms with E-state index in [1.807, 2.05) is 0 Å². The zero-order valence-electron chi connectivity index (χ0n) is 11.5. The summed E-state index contributed by atoms with van der Waals surface area (Å²) in [5.74, 6) is 0.0580. The number of nitrogens with zero attached hydrogens (tertiary/aromatic N) is 1. The number of carbonyl (C=O) groups is 1. The first-order chi connectivity index (χ1) is 8.00. The van der Waals surface area contributed by atoms with Crippen LogP contribution in [-0.2, 0) is 4.79 Å². The van der Waals surface area contributed by atoms with Crippen molar-refractivity contribution in [1.29, 1.82) is 0 Å². The first kappa shape index (κ1) is 14.5. The highest BCUT2D eigenvalue weighted by atomic mass is 16.4. The van der Waals surface area contributed by atoms with Crippen molar-refractivity contribution in [1.82, 2.24) is 4.90 Å². The maximum absolute atomic E-state index is 11.5. The van der Waals surface area contributed by atoms with Crippen molar-refractivity contribution in [3.8, 4) is 0 Å². The molecule has 0 aromatic carbocycles. The molecule has 100 valence electrons. The van der Waals surface area contributed by atoms with Crippen molar-refractivity contribution in [3.63, 3.8) is 0 Å². The average molecular weight is 241 g/mol. The largest absolute Gasteiger partial charge is 0.481 e. The van der Waals surface area contributed by atoms with Gasteiger partial charge in [0.25, 0.3) is 0 Å². The van der Waals surface area contributed by atoms with E-state index >= 15 is 0 Å².